The first-order valence-electron chi connectivity index (χ1n) is 15.7. The van der Waals surface area contributed by atoms with Crippen molar-refractivity contribution in [1.29, 1.82) is 0 Å². The molecule has 0 unspecified atom stereocenters. The van der Waals surface area contributed by atoms with E-state index in [1.54, 1.807) is 32.4 Å². The molecule has 0 saturated carbocycles. The van der Waals surface area contributed by atoms with Crippen molar-refractivity contribution in [3.63, 3.8) is 0 Å². The monoisotopic (exact) mass is 644 g/mol. The Morgan fingerprint density at radius 3 is 1.53 bits per heavy atom. The summed E-state index contributed by atoms with van der Waals surface area (Å²) < 4.78 is 10.8. The minimum atomic E-state index is -0.336. The van der Waals surface area contributed by atoms with Gasteiger partial charge >= 0.3 is 0 Å². The zero-order valence-corrected chi connectivity index (χ0v) is 27.2. The summed E-state index contributed by atoms with van der Waals surface area (Å²) in [7, 11) is 3.22. The highest BCUT2D eigenvalue weighted by molar-refractivity contribution is 6.17. The number of ether oxygens (including phenoxy) is 2. The van der Waals surface area contributed by atoms with Gasteiger partial charge in [-0.1, -0.05) is 66.7 Å². The summed E-state index contributed by atoms with van der Waals surface area (Å²) in [4.78, 5) is 37.8. The van der Waals surface area contributed by atoms with Crippen LogP contribution in [0.5, 0.6) is 11.5 Å². The van der Waals surface area contributed by atoms with Crippen molar-refractivity contribution in [2.45, 2.75) is 6.92 Å². The van der Waals surface area contributed by atoms with Gasteiger partial charge in [0.15, 0.2) is 0 Å². The van der Waals surface area contributed by atoms with Gasteiger partial charge in [0.1, 0.15) is 11.5 Å². The highest BCUT2D eigenvalue weighted by Gasteiger charge is 2.19. The summed E-state index contributed by atoms with van der Waals surface area (Å²) in [6.07, 6.45) is 0. The molecule has 2 aromatic heterocycles. The number of rotatable bonds is 8. The van der Waals surface area contributed by atoms with Crippen LogP contribution in [0.15, 0.2) is 127 Å². The van der Waals surface area contributed by atoms with Crippen molar-refractivity contribution in [3.05, 3.63) is 144 Å². The molecular weight excluding hydrogens is 612 g/mol. The second-order valence-corrected chi connectivity index (χ2v) is 11.6. The topological polar surface area (TPSA) is 102 Å². The van der Waals surface area contributed by atoms with Crippen LogP contribution < -0.4 is 20.1 Å². The summed E-state index contributed by atoms with van der Waals surface area (Å²) in [6, 6.07) is 39.3. The van der Waals surface area contributed by atoms with Gasteiger partial charge in [-0.05, 0) is 73.2 Å². The van der Waals surface area contributed by atoms with Crippen LogP contribution in [0.1, 0.15) is 26.3 Å². The number of carbonyl (C=O) groups excluding carboxylic acids is 2. The molecular formula is C41H32N4O4. The number of nitrogens with one attached hydrogen (secondary N) is 2. The van der Waals surface area contributed by atoms with E-state index in [1.165, 1.54) is 0 Å². The molecule has 7 aromatic rings. The highest BCUT2D eigenvalue weighted by Crippen LogP contribution is 2.31. The minimum Gasteiger partial charge on any atom is -0.497 e. The molecule has 7 rings (SSSR count). The summed E-state index contributed by atoms with van der Waals surface area (Å²) in [5.74, 6) is 0.711. The standard InChI is InChI=1S/C41H32N4O4/c1-25-18-19-36(44-40(46)32-23-37(26-10-8-12-28(21-26)48-2)42-34-16-6-4-14-30(32)34)39(20-25)45-41(47)33-24-38(27-11-9-13-29(22-27)49-3)43-35-17-7-5-15-31(33)35/h4-24H,1-3H3,(H,44,46)(H,45,47). The number of nitrogens with zero attached hydrogens (tertiary/aromatic N) is 2. The van der Waals surface area contributed by atoms with Crippen molar-refractivity contribution in [2.24, 2.45) is 0 Å². The van der Waals surface area contributed by atoms with E-state index in [4.69, 9.17) is 19.4 Å². The van der Waals surface area contributed by atoms with Gasteiger partial charge in [-0.25, -0.2) is 9.97 Å². The predicted octanol–water partition coefficient (Wildman–Crippen LogP) is 8.95. The fourth-order valence-electron chi connectivity index (χ4n) is 5.84. The van der Waals surface area contributed by atoms with Crippen molar-refractivity contribution in [2.75, 3.05) is 24.9 Å². The fraction of sp³-hybridized carbons (Fsp3) is 0.0732. The largest absolute Gasteiger partial charge is 0.497 e. The maximum atomic E-state index is 14.1. The smallest absolute Gasteiger partial charge is 0.256 e. The molecule has 2 heterocycles. The molecule has 5 aromatic carbocycles. The fourth-order valence-corrected chi connectivity index (χ4v) is 5.84. The number of methoxy groups -OCH3 is 2. The molecule has 0 atom stereocenters. The van der Waals surface area contributed by atoms with E-state index in [-0.39, 0.29) is 11.8 Å². The van der Waals surface area contributed by atoms with Crippen molar-refractivity contribution in [3.8, 4) is 34.0 Å². The molecule has 0 radical (unpaired) electrons. The Kier molecular flexibility index (Phi) is 8.43. The first-order valence-corrected chi connectivity index (χ1v) is 15.7. The molecule has 8 heteroatoms. The Hall–Kier alpha value is -6.54. The molecule has 2 amide bonds. The van der Waals surface area contributed by atoms with Gasteiger partial charge in [-0.2, -0.15) is 0 Å². The Labute approximate surface area is 283 Å². The van der Waals surface area contributed by atoms with Gasteiger partial charge in [0, 0.05) is 21.9 Å². The lowest BCUT2D eigenvalue weighted by molar-refractivity contribution is 0.101. The molecule has 49 heavy (non-hydrogen) atoms. The first kappa shape index (κ1) is 31.1. The number of fused-ring (bicyclic) bond motifs is 2. The average molecular weight is 645 g/mol. The molecule has 8 nitrogen and oxygen atoms in total. The van der Waals surface area contributed by atoms with Crippen LogP contribution in [0.3, 0.4) is 0 Å². The predicted molar refractivity (Wildman–Crippen MR) is 195 cm³/mol. The summed E-state index contributed by atoms with van der Waals surface area (Å²) in [5.41, 5.74) is 7.01. The van der Waals surface area contributed by atoms with Crippen LogP contribution in [-0.4, -0.2) is 36.0 Å². The molecule has 0 aliphatic rings. The number of hydrogen-bond acceptors (Lipinski definition) is 6. The van der Waals surface area contributed by atoms with Gasteiger partial charge in [0.05, 0.1) is 59.1 Å². The van der Waals surface area contributed by atoms with E-state index in [2.05, 4.69) is 10.6 Å². The van der Waals surface area contributed by atoms with Crippen LogP contribution in [0.4, 0.5) is 11.4 Å². The lowest BCUT2D eigenvalue weighted by Crippen LogP contribution is -2.18. The molecule has 0 aliphatic carbocycles. The number of aromatic nitrogens is 2. The number of anilines is 2. The number of hydrogen-bond donors (Lipinski definition) is 2. The maximum absolute atomic E-state index is 14.1. The molecule has 0 aliphatic heterocycles. The van der Waals surface area contributed by atoms with E-state index in [1.807, 2.05) is 116 Å². The lowest BCUT2D eigenvalue weighted by Gasteiger charge is -2.16. The molecule has 240 valence electrons. The van der Waals surface area contributed by atoms with Gasteiger partial charge < -0.3 is 20.1 Å². The van der Waals surface area contributed by atoms with Gasteiger partial charge in [-0.3, -0.25) is 9.59 Å². The SMILES string of the molecule is COc1cccc(-c2cc(C(=O)Nc3ccc(C)cc3NC(=O)c3cc(-c4cccc(OC)c4)nc4ccccc34)c3ccccc3n2)c1. The maximum Gasteiger partial charge on any atom is 0.256 e. The zero-order valence-electron chi connectivity index (χ0n) is 27.2. The third kappa shape index (κ3) is 6.40. The van der Waals surface area contributed by atoms with E-state index >= 15 is 0 Å². The van der Waals surface area contributed by atoms with Crippen LogP contribution >= 0.6 is 0 Å². The molecule has 2 N–H and O–H groups in total. The zero-order chi connectivity index (χ0) is 33.9. The van der Waals surface area contributed by atoms with E-state index in [9.17, 15) is 9.59 Å². The third-order valence-electron chi connectivity index (χ3n) is 8.32. The van der Waals surface area contributed by atoms with Crippen molar-refractivity contribution in [1.82, 2.24) is 9.97 Å². The normalized spacial score (nSPS) is 10.9. The quantitative estimate of drug-likeness (QED) is 0.171. The summed E-state index contributed by atoms with van der Waals surface area (Å²) in [5, 5.41) is 7.54. The van der Waals surface area contributed by atoms with E-state index in [0.29, 0.717) is 67.2 Å². The Morgan fingerprint density at radius 2 is 1.02 bits per heavy atom. The van der Waals surface area contributed by atoms with Gasteiger partial charge in [-0.15, -0.1) is 0 Å². The number of para-hydroxylation sites is 2. The molecule has 0 bridgehead atoms. The van der Waals surface area contributed by atoms with E-state index in [0.717, 1.165) is 16.7 Å². The third-order valence-corrected chi connectivity index (χ3v) is 8.32. The number of amides is 2. The number of pyridine rings is 2. The Balaban J connectivity index is 1.24. The van der Waals surface area contributed by atoms with E-state index < -0.39 is 0 Å². The molecule has 0 spiro atoms. The van der Waals surface area contributed by atoms with Crippen molar-refractivity contribution >= 4 is 45.0 Å². The summed E-state index contributed by atoms with van der Waals surface area (Å²) >= 11 is 0. The van der Waals surface area contributed by atoms with Crippen LogP contribution in [0.25, 0.3) is 44.3 Å². The van der Waals surface area contributed by atoms with Gasteiger partial charge in [0.2, 0.25) is 0 Å². The Morgan fingerprint density at radius 1 is 0.531 bits per heavy atom. The minimum absolute atomic E-state index is 0.335. The number of benzene rings is 5. The van der Waals surface area contributed by atoms with Crippen LogP contribution in [-0.2, 0) is 0 Å². The Bertz CT molecular complexity index is 2390. The number of carbonyl (C=O) groups is 2. The number of aryl methyl sites for hydroxylation is 1. The average Bonchev–Trinajstić information content (AvgIpc) is 3.14. The second kappa shape index (κ2) is 13.3. The lowest BCUT2D eigenvalue weighted by atomic mass is 10.0. The molecule has 0 saturated heterocycles. The summed E-state index contributed by atoms with van der Waals surface area (Å²) in [6.45, 7) is 1.93. The second-order valence-electron chi connectivity index (χ2n) is 11.6. The van der Waals surface area contributed by atoms with Crippen LogP contribution in [0.2, 0.25) is 0 Å². The van der Waals surface area contributed by atoms with Gasteiger partial charge in [0.25, 0.3) is 11.8 Å². The first-order chi connectivity index (χ1) is 23.9. The highest BCUT2D eigenvalue weighted by atomic mass is 16.5. The van der Waals surface area contributed by atoms with Crippen molar-refractivity contribution < 1.29 is 19.1 Å². The van der Waals surface area contributed by atoms with Crippen LogP contribution in [0, 0.1) is 6.92 Å². The molecule has 0 fully saturated rings.